The number of aldehydes is 1. The topological polar surface area (TPSA) is 46.1 Å². The highest BCUT2D eigenvalue weighted by molar-refractivity contribution is 6.32. The van der Waals surface area contributed by atoms with E-state index in [0.29, 0.717) is 24.2 Å². The maximum Gasteiger partial charge on any atom is 0.156 e. The van der Waals surface area contributed by atoms with Gasteiger partial charge in [0.15, 0.2) is 6.29 Å². The molecule has 0 atom stereocenters. The van der Waals surface area contributed by atoms with Crippen LogP contribution in [-0.2, 0) is 0 Å². The van der Waals surface area contributed by atoms with Gasteiger partial charge in [0.05, 0.1) is 5.56 Å². The summed E-state index contributed by atoms with van der Waals surface area (Å²) in [5, 5.41) is 0.171. The van der Waals surface area contributed by atoms with Gasteiger partial charge >= 0.3 is 0 Å². The lowest BCUT2D eigenvalue weighted by Crippen LogP contribution is -2.19. The van der Waals surface area contributed by atoms with Gasteiger partial charge in [-0.25, -0.2) is 9.97 Å². The van der Waals surface area contributed by atoms with Crippen LogP contribution in [0.15, 0.2) is 36.7 Å². The molecule has 92 valence electrons. The molecule has 0 radical (unpaired) electrons. The van der Waals surface area contributed by atoms with Crippen LogP contribution in [0.2, 0.25) is 5.15 Å². The summed E-state index contributed by atoms with van der Waals surface area (Å²) in [7, 11) is 0. The third-order valence-corrected chi connectivity index (χ3v) is 2.87. The smallest absolute Gasteiger partial charge is 0.156 e. The van der Waals surface area contributed by atoms with Gasteiger partial charge in [0.2, 0.25) is 0 Å². The minimum atomic E-state index is 0.171. The molecule has 1 aromatic heterocycles. The van der Waals surface area contributed by atoms with Crippen LogP contribution in [0.5, 0.6) is 0 Å². The number of hydrogen-bond donors (Lipinski definition) is 0. The second-order valence-electron chi connectivity index (χ2n) is 3.60. The van der Waals surface area contributed by atoms with E-state index in [-0.39, 0.29) is 5.15 Å². The predicted octanol–water partition coefficient (Wildman–Crippen LogP) is 3.10. The summed E-state index contributed by atoms with van der Waals surface area (Å²) in [6, 6.07) is 9.70. The SMILES string of the molecule is CCN(c1ccccc1)c1ncnc(Cl)c1C=O. The largest absolute Gasteiger partial charge is 0.326 e. The summed E-state index contributed by atoms with van der Waals surface area (Å²) in [4.78, 5) is 21.0. The molecule has 0 aliphatic rings. The number of rotatable bonds is 4. The first kappa shape index (κ1) is 12.5. The van der Waals surface area contributed by atoms with E-state index in [1.807, 2.05) is 42.2 Å². The van der Waals surface area contributed by atoms with Crippen LogP contribution in [0.3, 0.4) is 0 Å². The summed E-state index contributed by atoms with van der Waals surface area (Å²) < 4.78 is 0. The molecule has 0 aliphatic heterocycles. The van der Waals surface area contributed by atoms with Crippen molar-refractivity contribution in [3.8, 4) is 0 Å². The van der Waals surface area contributed by atoms with E-state index in [2.05, 4.69) is 9.97 Å². The van der Waals surface area contributed by atoms with Crippen molar-refractivity contribution < 1.29 is 4.79 Å². The van der Waals surface area contributed by atoms with Crippen LogP contribution in [-0.4, -0.2) is 22.8 Å². The number of carbonyl (C=O) groups is 1. The number of carbonyl (C=O) groups excluding carboxylic acids is 1. The molecule has 0 bridgehead atoms. The molecular weight excluding hydrogens is 250 g/mol. The molecule has 1 heterocycles. The first-order chi connectivity index (χ1) is 8.77. The van der Waals surface area contributed by atoms with Crippen molar-refractivity contribution in [1.29, 1.82) is 0 Å². The Labute approximate surface area is 110 Å². The molecule has 0 unspecified atom stereocenters. The van der Waals surface area contributed by atoms with Crippen molar-refractivity contribution >= 4 is 29.4 Å². The molecule has 4 nitrogen and oxygen atoms in total. The van der Waals surface area contributed by atoms with E-state index in [0.717, 1.165) is 5.69 Å². The fraction of sp³-hybridized carbons (Fsp3) is 0.154. The Kier molecular flexibility index (Phi) is 3.89. The zero-order valence-corrected chi connectivity index (χ0v) is 10.6. The Morgan fingerprint density at radius 3 is 2.61 bits per heavy atom. The summed E-state index contributed by atoms with van der Waals surface area (Å²) in [5.41, 5.74) is 1.27. The standard InChI is InChI=1S/C13H12ClN3O/c1-2-17(10-6-4-3-5-7-10)13-11(8-18)12(14)15-9-16-13/h3-9H,2H2,1H3. The van der Waals surface area contributed by atoms with Gasteiger partial charge in [-0.3, -0.25) is 4.79 Å². The second-order valence-corrected chi connectivity index (χ2v) is 3.96. The van der Waals surface area contributed by atoms with Gasteiger partial charge in [-0.2, -0.15) is 0 Å². The lowest BCUT2D eigenvalue weighted by Gasteiger charge is -2.23. The predicted molar refractivity (Wildman–Crippen MR) is 71.6 cm³/mol. The van der Waals surface area contributed by atoms with Gasteiger partial charge in [-0.1, -0.05) is 29.8 Å². The monoisotopic (exact) mass is 261 g/mol. The molecule has 5 heteroatoms. The van der Waals surface area contributed by atoms with Crippen molar-refractivity contribution in [3.05, 3.63) is 47.4 Å². The number of anilines is 2. The maximum atomic E-state index is 11.1. The van der Waals surface area contributed by atoms with Crippen molar-refractivity contribution in [2.24, 2.45) is 0 Å². The Morgan fingerprint density at radius 1 is 1.28 bits per heavy atom. The van der Waals surface area contributed by atoms with Crippen LogP contribution in [0.25, 0.3) is 0 Å². The van der Waals surface area contributed by atoms with Crippen LogP contribution < -0.4 is 4.90 Å². The lowest BCUT2D eigenvalue weighted by molar-refractivity contribution is 0.112. The molecule has 18 heavy (non-hydrogen) atoms. The van der Waals surface area contributed by atoms with Crippen LogP contribution in [0.4, 0.5) is 11.5 Å². The molecule has 0 saturated heterocycles. The molecule has 2 aromatic rings. The zero-order valence-electron chi connectivity index (χ0n) is 9.88. The Morgan fingerprint density at radius 2 is 2.00 bits per heavy atom. The quantitative estimate of drug-likeness (QED) is 0.627. The van der Waals surface area contributed by atoms with E-state index in [1.165, 1.54) is 6.33 Å². The fourth-order valence-corrected chi connectivity index (χ4v) is 1.92. The number of hydrogen-bond acceptors (Lipinski definition) is 4. The Bertz CT molecular complexity index is 545. The average molecular weight is 262 g/mol. The summed E-state index contributed by atoms with van der Waals surface area (Å²) >= 11 is 5.91. The minimum Gasteiger partial charge on any atom is -0.326 e. The van der Waals surface area contributed by atoms with Crippen molar-refractivity contribution in [2.45, 2.75) is 6.92 Å². The molecule has 0 spiro atoms. The highest BCUT2D eigenvalue weighted by Crippen LogP contribution is 2.27. The molecule has 0 saturated carbocycles. The maximum absolute atomic E-state index is 11.1. The molecule has 0 aliphatic carbocycles. The van der Waals surface area contributed by atoms with E-state index in [1.54, 1.807) is 0 Å². The van der Waals surface area contributed by atoms with Gasteiger partial charge in [0.25, 0.3) is 0 Å². The van der Waals surface area contributed by atoms with Gasteiger partial charge in [-0.05, 0) is 19.1 Å². The third kappa shape index (κ3) is 2.33. The first-order valence-corrected chi connectivity index (χ1v) is 5.94. The second kappa shape index (κ2) is 5.60. The van der Waals surface area contributed by atoms with Crippen molar-refractivity contribution in [1.82, 2.24) is 9.97 Å². The van der Waals surface area contributed by atoms with Gasteiger partial charge in [0.1, 0.15) is 17.3 Å². The lowest BCUT2D eigenvalue weighted by atomic mass is 10.2. The third-order valence-electron chi connectivity index (χ3n) is 2.57. The van der Waals surface area contributed by atoms with Crippen LogP contribution in [0.1, 0.15) is 17.3 Å². The van der Waals surface area contributed by atoms with E-state index in [4.69, 9.17) is 11.6 Å². The summed E-state index contributed by atoms with van der Waals surface area (Å²) in [5.74, 6) is 0.527. The highest BCUT2D eigenvalue weighted by Gasteiger charge is 2.16. The average Bonchev–Trinajstić information content (AvgIpc) is 2.41. The summed E-state index contributed by atoms with van der Waals surface area (Å²) in [6.07, 6.45) is 2.04. The van der Waals surface area contributed by atoms with Crippen LogP contribution >= 0.6 is 11.6 Å². The zero-order chi connectivity index (χ0) is 13.0. The highest BCUT2D eigenvalue weighted by atomic mass is 35.5. The van der Waals surface area contributed by atoms with E-state index < -0.39 is 0 Å². The number of aromatic nitrogens is 2. The van der Waals surface area contributed by atoms with Gasteiger partial charge in [-0.15, -0.1) is 0 Å². The molecule has 0 N–H and O–H groups in total. The van der Waals surface area contributed by atoms with Crippen molar-refractivity contribution in [2.75, 3.05) is 11.4 Å². The molecule has 0 amide bonds. The van der Waals surface area contributed by atoms with Crippen molar-refractivity contribution in [3.63, 3.8) is 0 Å². The summed E-state index contributed by atoms with van der Waals surface area (Å²) in [6.45, 7) is 2.66. The number of halogens is 1. The molecule has 0 fully saturated rings. The van der Waals surface area contributed by atoms with E-state index >= 15 is 0 Å². The normalized spacial score (nSPS) is 10.1. The van der Waals surface area contributed by atoms with Gasteiger partial charge in [0, 0.05) is 12.2 Å². The minimum absolute atomic E-state index is 0.171. The first-order valence-electron chi connectivity index (χ1n) is 5.56. The molecule has 1 aromatic carbocycles. The Balaban J connectivity index is 2.52. The van der Waals surface area contributed by atoms with Gasteiger partial charge < -0.3 is 4.90 Å². The molecule has 2 rings (SSSR count). The number of nitrogens with zero attached hydrogens (tertiary/aromatic N) is 3. The number of para-hydroxylation sites is 1. The van der Waals surface area contributed by atoms with Crippen LogP contribution in [0, 0.1) is 0 Å². The molecular formula is C13H12ClN3O. The Hall–Kier alpha value is -1.94. The fourth-order valence-electron chi connectivity index (χ4n) is 1.74. The van der Waals surface area contributed by atoms with E-state index in [9.17, 15) is 4.79 Å². The number of benzene rings is 1.